The second kappa shape index (κ2) is 13.3. The summed E-state index contributed by atoms with van der Waals surface area (Å²) in [5, 5.41) is 3.00. The van der Waals surface area contributed by atoms with Crippen LogP contribution in [0.2, 0.25) is 0 Å². The lowest BCUT2D eigenvalue weighted by Gasteiger charge is -2.32. The molecule has 1 N–H and O–H groups in total. The van der Waals surface area contributed by atoms with Crippen molar-refractivity contribution >= 4 is 27.7 Å². The van der Waals surface area contributed by atoms with Gasteiger partial charge in [0, 0.05) is 23.5 Å². The predicted molar refractivity (Wildman–Crippen MR) is 148 cm³/mol. The van der Waals surface area contributed by atoms with Crippen molar-refractivity contribution in [2.45, 2.75) is 58.7 Å². The maximum atomic E-state index is 13.6. The Balaban J connectivity index is 1.87. The van der Waals surface area contributed by atoms with Crippen molar-refractivity contribution in [2.24, 2.45) is 0 Å². The van der Waals surface area contributed by atoms with Gasteiger partial charge in [-0.1, -0.05) is 84.4 Å². The summed E-state index contributed by atoms with van der Waals surface area (Å²) in [6.45, 7) is 8.25. The number of amides is 2. The standard InChI is InChI=1S/C30H35BrN2O3/c1-21(2)25-12-16-27(17-13-25)36-20-29(34)33(19-24-10-14-26(31)15-11-24)28(30(35)32-22(3)4)18-23-8-6-5-7-9-23/h5-17,21-22,28H,18-20H2,1-4H3,(H,32,35)/t28-/m1/s1. The number of rotatable bonds is 11. The van der Waals surface area contributed by atoms with Gasteiger partial charge in [0.15, 0.2) is 6.61 Å². The van der Waals surface area contributed by atoms with Crippen molar-refractivity contribution in [2.75, 3.05) is 6.61 Å². The van der Waals surface area contributed by atoms with E-state index in [1.807, 2.05) is 92.7 Å². The summed E-state index contributed by atoms with van der Waals surface area (Å²) in [7, 11) is 0. The Labute approximate surface area is 223 Å². The van der Waals surface area contributed by atoms with Gasteiger partial charge in [-0.3, -0.25) is 9.59 Å². The molecule has 0 saturated heterocycles. The zero-order valence-corrected chi connectivity index (χ0v) is 23.0. The highest BCUT2D eigenvalue weighted by Gasteiger charge is 2.31. The molecule has 0 spiro atoms. The smallest absolute Gasteiger partial charge is 0.261 e. The van der Waals surface area contributed by atoms with E-state index < -0.39 is 6.04 Å². The highest BCUT2D eigenvalue weighted by molar-refractivity contribution is 9.10. The Morgan fingerprint density at radius 1 is 0.861 bits per heavy atom. The van der Waals surface area contributed by atoms with E-state index in [2.05, 4.69) is 35.1 Å². The molecule has 36 heavy (non-hydrogen) atoms. The van der Waals surface area contributed by atoms with Gasteiger partial charge >= 0.3 is 0 Å². The highest BCUT2D eigenvalue weighted by atomic mass is 79.9. The lowest BCUT2D eigenvalue weighted by Crippen LogP contribution is -2.52. The molecule has 6 heteroatoms. The summed E-state index contributed by atoms with van der Waals surface area (Å²) in [5.41, 5.74) is 3.13. The number of nitrogens with zero attached hydrogens (tertiary/aromatic N) is 1. The molecule has 0 aromatic heterocycles. The van der Waals surface area contributed by atoms with E-state index in [1.54, 1.807) is 4.90 Å². The Morgan fingerprint density at radius 2 is 1.50 bits per heavy atom. The maximum absolute atomic E-state index is 13.6. The van der Waals surface area contributed by atoms with Crippen LogP contribution in [0.5, 0.6) is 5.75 Å². The first-order valence-corrected chi connectivity index (χ1v) is 13.1. The second-order valence-electron chi connectivity index (χ2n) is 9.53. The second-order valence-corrected chi connectivity index (χ2v) is 10.4. The third-order valence-corrected chi connectivity index (χ3v) is 6.41. The van der Waals surface area contributed by atoms with E-state index in [4.69, 9.17) is 4.74 Å². The van der Waals surface area contributed by atoms with Crippen LogP contribution in [-0.4, -0.2) is 35.4 Å². The molecular weight excluding hydrogens is 516 g/mol. The zero-order valence-electron chi connectivity index (χ0n) is 21.4. The van der Waals surface area contributed by atoms with E-state index in [0.717, 1.165) is 15.6 Å². The average Bonchev–Trinajstić information content (AvgIpc) is 2.86. The number of carbonyl (C=O) groups is 2. The molecule has 5 nitrogen and oxygen atoms in total. The minimum absolute atomic E-state index is 0.0453. The van der Waals surface area contributed by atoms with Crippen molar-refractivity contribution in [3.8, 4) is 5.75 Å². The van der Waals surface area contributed by atoms with Crippen molar-refractivity contribution < 1.29 is 14.3 Å². The minimum atomic E-state index is -0.683. The molecule has 1 atom stereocenters. The van der Waals surface area contributed by atoms with Gasteiger partial charge in [0.2, 0.25) is 5.91 Å². The van der Waals surface area contributed by atoms with Gasteiger partial charge in [0.25, 0.3) is 5.91 Å². The van der Waals surface area contributed by atoms with Crippen LogP contribution in [0.4, 0.5) is 0 Å². The average molecular weight is 552 g/mol. The molecule has 3 aromatic rings. The molecule has 3 rings (SSSR count). The van der Waals surface area contributed by atoms with Crippen LogP contribution >= 0.6 is 15.9 Å². The predicted octanol–water partition coefficient (Wildman–Crippen LogP) is 6.12. The first-order valence-electron chi connectivity index (χ1n) is 12.3. The fraction of sp³-hybridized carbons (Fsp3) is 0.333. The topological polar surface area (TPSA) is 58.6 Å². The summed E-state index contributed by atoms with van der Waals surface area (Å²) in [6, 6.07) is 24.6. The summed E-state index contributed by atoms with van der Waals surface area (Å²) < 4.78 is 6.83. The van der Waals surface area contributed by atoms with Gasteiger partial charge < -0.3 is 15.0 Å². The van der Waals surface area contributed by atoms with Crippen LogP contribution < -0.4 is 10.1 Å². The Morgan fingerprint density at radius 3 is 2.08 bits per heavy atom. The molecule has 0 saturated carbocycles. The fourth-order valence-corrected chi connectivity index (χ4v) is 4.16. The largest absolute Gasteiger partial charge is 0.484 e. The molecule has 0 unspecified atom stereocenters. The number of hydrogen-bond donors (Lipinski definition) is 1. The molecule has 0 radical (unpaired) electrons. The van der Waals surface area contributed by atoms with Crippen LogP contribution in [0.15, 0.2) is 83.3 Å². The molecular formula is C30H35BrN2O3. The molecule has 190 valence electrons. The first kappa shape index (κ1) is 27.5. The van der Waals surface area contributed by atoms with Crippen molar-refractivity contribution in [3.05, 3.63) is 100 Å². The van der Waals surface area contributed by atoms with E-state index in [0.29, 0.717) is 24.6 Å². The molecule has 0 aliphatic carbocycles. The zero-order chi connectivity index (χ0) is 26.1. The van der Waals surface area contributed by atoms with E-state index >= 15 is 0 Å². The van der Waals surface area contributed by atoms with E-state index in [-0.39, 0.29) is 24.5 Å². The highest BCUT2D eigenvalue weighted by Crippen LogP contribution is 2.20. The Hall–Kier alpha value is -3.12. The summed E-state index contributed by atoms with van der Waals surface area (Å²) >= 11 is 3.46. The van der Waals surface area contributed by atoms with Gasteiger partial charge in [-0.2, -0.15) is 0 Å². The van der Waals surface area contributed by atoms with Crippen LogP contribution in [-0.2, 0) is 22.6 Å². The van der Waals surface area contributed by atoms with Crippen LogP contribution in [0.1, 0.15) is 50.3 Å². The van der Waals surface area contributed by atoms with Crippen molar-refractivity contribution in [3.63, 3.8) is 0 Å². The summed E-state index contributed by atoms with van der Waals surface area (Å²) in [6.07, 6.45) is 0.407. The number of benzene rings is 3. The normalized spacial score (nSPS) is 11.9. The Bertz CT molecular complexity index is 1110. The molecule has 0 aliphatic rings. The van der Waals surface area contributed by atoms with Gasteiger partial charge in [-0.05, 0) is 60.7 Å². The van der Waals surface area contributed by atoms with Crippen LogP contribution in [0, 0.1) is 0 Å². The Kier molecular flexibility index (Phi) is 10.1. The van der Waals surface area contributed by atoms with Gasteiger partial charge in [-0.15, -0.1) is 0 Å². The number of hydrogen-bond acceptors (Lipinski definition) is 3. The lowest BCUT2D eigenvalue weighted by molar-refractivity contribution is -0.143. The van der Waals surface area contributed by atoms with Gasteiger partial charge in [0.05, 0.1) is 0 Å². The maximum Gasteiger partial charge on any atom is 0.261 e. The monoisotopic (exact) mass is 550 g/mol. The summed E-state index contributed by atoms with van der Waals surface area (Å²) in [4.78, 5) is 28.6. The number of ether oxygens (including phenoxy) is 1. The summed E-state index contributed by atoms with van der Waals surface area (Å²) in [5.74, 6) is 0.620. The number of carbonyl (C=O) groups excluding carboxylic acids is 2. The SMILES string of the molecule is CC(C)NC(=O)[C@@H](Cc1ccccc1)N(Cc1ccc(Br)cc1)C(=O)COc1ccc(C(C)C)cc1. The van der Waals surface area contributed by atoms with E-state index in [1.165, 1.54) is 5.56 Å². The quantitative estimate of drug-likeness (QED) is 0.313. The molecule has 3 aromatic carbocycles. The lowest BCUT2D eigenvalue weighted by atomic mass is 10.0. The van der Waals surface area contributed by atoms with Crippen molar-refractivity contribution in [1.82, 2.24) is 10.2 Å². The molecule has 2 amide bonds. The van der Waals surface area contributed by atoms with E-state index in [9.17, 15) is 9.59 Å². The molecule has 0 bridgehead atoms. The first-order chi connectivity index (χ1) is 17.2. The van der Waals surface area contributed by atoms with Gasteiger partial charge in [-0.25, -0.2) is 0 Å². The number of nitrogens with one attached hydrogen (secondary N) is 1. The molecule has 0 aliphatic heterocycles. The van der Waals surface area contributed by atoms with Crippen LogP contribution in [0.3, 0.4) is 0 Å². The third-order valence-electron chi connectivity index (χ3n) is 5.88. The minimum Gasteiger partial charge on any atom is -0.484 e. The van der Waals surface area contributed by atoms with Crippen molar-refractivity contribution in [1.29, 1.82) is 0 Å². The molecule has 0 fully saturated rings. The fourth-order valence-electron chi connectivity index (χ4n) is 3.90. The van der Waals surface area contributed by atoms with Gasteiger partial charge in [0.1, 0.15) is 11.8 Å². The number of halogens is 1. The van der Waals surface area contributed by atoms with Crippen LogP contribution in [0.25, 0.3) is 0 Å². The third kappa shape index (κ3) is 8.23. The molecule has 0 heterocycles.